The first-order chi connectivity index (χ1) is 8.54. The topological polar surface area (TPSA) is 109 Å². The number of amides is 2. The molecule has 7 heteroatoms. The molecule has 7 nitrogen and oxygen atoms in total. The molecule has 5 N–H and O–H groups in total. The lowest BCUT2D eigenvalue weighted by Crippen LogP contribution is -2.34. The molecule has 0 aliphatic heterocycles. The van der Waals surface area contributed by atoms with Crippen molar-refractivity contribution in [3.63, 3.8) is 0 Å². The normalized spacial score (nSPS) is 9.72. The second-order valence-electron chi connectivity index (χ2n) is 3.75. The van der Waals surface area contributed by atoms with Crippen molar-refractivity contribution in [3.8, 4) is 0 Å². The molecule has 0 saturated carbocycles. The Morgan fingerprint density at radius 2 is 2.00 bits per heavy atom. The average molecular weight is 251 g/mol. The van der Waals surface area contributed by atoms with Crippen LogP contribution < -0.4 is 21.9 Å². The molecule has 0 radical (unpaired) electrons. The molecule has 2 amide bonds. The fourth-order valence-corrected chi connectivity index (χ4v) is 1.37. The van der Waals surface area contributed by atoms with Crippen LogP contribution in [0.2, 0.25) is 0 Å². The Morgan fingerprint density at radius 1 is 1.33 bits per heavy atom. The zero-order valence-corrected chi connectivity index (χ0v) is 10.4. The highest BCUT2D eigenvalue weighted by molar-refractivity contribution is 5.99. The van der Waals surface area contributed by atoms with Gasteiger partial charge in [-0.25, -0.2) is 0 Å². The van der Waals surface area contributed by atoms with Crippen LogP contribution in [-0.4, -0.2) is 29.9 Å². The summed E-state index contributed by atoms with van der Waals surface area (Å²) in [6.07, 6.45) is 1.46. The van der Waals surface area contributed by atoms with E-state index in [0.717, 1.165) is 5.69 Å². The highest BCUT2D eigenvalue weighted by Gasteiger charge is 2.11. The number of carbonyl (C=O) groups excluding carboxylic acids is 2. The fraction of sp³-hybridized carbons (Fsp3) is 0.364. The molecule has 1 aromatic rings. The molecule has 0 aromatic carbocycles. The molecule has 1 heterocycles. The number of pyridine rings is 1. The standard InChI is InChI=1S/C11H17N5O2/c1-7-5-10(16-12)9(6-15-7)11(18)14-4-3-13-8(2)17/h5-6H,3-4,12H2,1-2H3,(H,13,17)(H,14,18)(H,15,16). The number of rotatable bonds is 5. The number of hydrogen-bond donors (Lipinski definition) is 4. The second-order valence-corrected chi connectivity index (χ2v) is 3.75. The molecule has 0 aliphatic carbocycles. The summed E-state index contributed by atoms with van der Waals surface area (Å²) < 4.78 is 0. The van der Waals surface area contributed by atoms with Crippen molar-refractivity contribution in [2.24, 2.45) is 5.84 Å². The highest BCUT2D eigenvalue weighted by Crippen LogP contribution is 2.13. The van der Waals surface area contributed by atoms with Crippen LogP contribution in [0.3, 0.4) is 0 Å². The van der Waals surface area contributed by atoms with Gasteiger partial charge in [0.1, 0.15) is 0 Å². The number of carbonyl (C=O) groups is 2. The van der Waals surface area contributed by atoms with Crippen molar-refractivity contribution in [1.29, 1.82) is 0 Å². The maximum absolute atomic E-state index is 11.8. The van der Waals surface area contributed by atoms with Crippen LogP contribution in [0.25, 0.3) is 0 Å². The van der Waals surface area contributed by atoms with Gasteiger partial charge in [-0.1, -0.05) is 0 Å². The van der Waals surface area contributed by atoms with Crippen molar-refractivity contribution in [3.05, 3.63) is 23.5 Å². The molecule has 0 atom stereocenters. The number of hydrogen-bond acceptors (Lipinski definition) is 5. The molecule has 0 aliphatic rings. The largest absolute Gasteiger partial charge is 0.355 e. The van der Waals surface area contributed by atoms with E-state index in [4.69, 9.17) is 5.84 Å². The van der Waals surface area contributed by atoms with E-state index >= 15 is 0 Å². The van der Waals surface area contributed by atoms with Crippen LogP contribution >= 0.6 is 0 Å². The Hall–Kier alpha value is -2.15. The van der Waals surface area contributed by atoms with Crippen molar-refractivity contribution < 1.29 is 9.59 Å². The third-order valence-corrected chi connectivity index (χ3v) is 2.23. The van der Waals surface area contributed by atoms with Crippen molar-refractivity contribution in [2.75, 3.05) is 18.5 Å². The van der Waals surface area contributed by atoms with Crippen LogP contribution in [0.15, 0.2) is 12.3 Å². The first-order valence-corrected chi connectivity index (χ1v) is 5.50. The van der Waals surface area contributed by atoms with E-state index in [1.807, 2.05) is 0 Å². The predicted molar refractivity (Wildman–Crippen MR) is 67.8 cm³/mol. The number of anilines is 1. The van der Waals surface area contributed by atoms with Crippen molar-refractivity contribution in [2.45, 2.75) is 13.8 Å². The zero-order chi connectivity index (χ0) is 13.5. The van der Waals surface area contributed by atoms with Gasteiger partial charge in [-0.2, -0.15) is 0 Å². The van der Waals surface area contributed by atoms with E-state index in [-0.39, 0.29) is 11.8 Å². The summed E-state index contributed by atoms with van der Waals surface area (Å²) >= 11 is 0. The van der Waals surface area contributed by atoms with Gasteiger partial charge in [0.15, 0.2) is 0 Å². The summed E-state index contributed by atoms with van der Waals surface area (Å²) in [7, 11) is 0. The Balaban J connectivity index is 2.58. The van der Waals surface area contributed by atoms with Gasteiger partial charge in [0, 0.05) is 31.9 Å². The third kappa shape index (κ3) is 4.02. The van der Waals surface area contributed by atoms with Crippen LogP contribution in [0.4, 0.5) is 5.69 Å². The molecular formula is C11H17N5O2. The molecule has 0 bridgehead atoms. The third-order valence-electron chi connectivity index (χ3n) is 2.23. The van der Waals surface area contributed by atoms with Gasteiger partial charge in [0.25, 0.3) is 5.91 Å². The minimum Gasteiger partial charge on any atom is -0.355 e. The molecule has 0 saturated heterocycles. The summed E-state index contributed by atoms with van der Waals surface area (Å²) in [5.41, 5.74) is 4.10. The van der Waals surface area contributed by atoms with Crippen LogP contribution in [0.5, 0.6) is 0 Å². The van der Waals surface area contributed by atoms with Gasteiger partial charge in [0.05, 0.1) is 11.3 Å². The minimum atomic E-state index is -0.291. The van der Waals surface area contributed by atoms with Crippen molar-refractivity contribution in [1.82, 2.24) is 15.6 Å². The number of nitrogens with two attached hydrogens (primary N) is 1. The SMILES string of the molecule is CC(=O)NCCNC(=O)c1cnc(C)cc1NN. The van der Waals surface area contributed by atoms with Crippen molar-refractivity contribution >= 4 is 17.5 Å². The Morgan fingerprint density at radius 3 is 2.61 bits per heavy atom. The first-order valence-electron chi connectivity index (χ1n) is 5.50. The second kappa shape index (κ2) is 6.55. The van der Waals surface area contributed by atoms with Gasteiger partial charge in [-0.15, -0.1) is 0 Å². The Labute approximate surface area is 105 Å². The van der Waals surface area contributed by atoms with E-state index < -0.39 is 0 Å². The van der Waals surface area contributed by atoms with Crippen LogP contribution in [0.1, 0.15) is 23.0 Å². The lowest BCUT2D eigenvalue weighted by molar-refractivity contribution is -0.118. The lowest BCUT2D eigenvalue weighted by Gasteiger charge is -2.10. The summed E-state index contributed by atoms with van der Waals surface area (Å²) in [4.78, 5) is 26.5. The van der Waals surface area contributed by atoms with Crippen LogP contribution in [0, 0.1) is 6.92 Å². The minimum absolute atomic E-state index is 0.134. The quantitative estimate of drug-likeness (QED) is 0.322. The number of aryl methyl sites for hydroxylation is 1. The number of aromatic nitrogens is 1. The van der Waals surface area contributed by atoms with E-state index in [2.05, 4.69) is 21.0 Å². The van der Waals surface area contributed by atoms with E-state index in [1.54, 1.807) is 13.0 Å². The molecule has 98 valence electrons. The molecule has 1 aromatic heterocycles. The maximum Gasteiger partial charge on any atom is 0.255 e. The number of nitrogens with zero attached hydrogens (tertiary/aromatic N) is 1. The first kappa shape index (κ1) is 13.9. The molecule has 1 rings (SSSR count). The molecule has 0 unspecified atom stereocenters. The van der Waals surface area contributed by atoms with Gasteiger partial charge < -0.3 is 16.1 Å². The van der Waals surface area contributed by atoms with Crippen LogP contribution in [-0.2, 0) is 4.79 Å². The molecule has 0 spiro atoms. The predicted octanol–water partition coefficient (Wildman–Crippen LogP) is -0.458. The number of hydrazine groups is 1. The molecule has 18 heavy (non-hydrogen) atoms. The summed E-state index contributed by atoms with van der Waals surface area (Å²) in [6.45, 7) is 3.95. The number of nitrogens with one attached hydrogen (secondary N) is 3. The van der Waals surface area contributed by atoms with E-state index in [0.29, 0.717) is 24.3 Å². The van der Waals surface area contributed by atoms with Gasteiger partial charge >= 0.3 is 0 Å². The summed E-state index contributed by atoms with van der Waals surface area (Å²) in [6, 6.07) is 1.68. The Kier molecular flexibility index (Phi) is 5.06. The van der Waals surface area contributed by atoms with Gasteiger partial charge in [0.2, 0.25) is 5.91 Å². The fourth-order valence-electron chi connectivity index (χ4n) is 1.37. The van der Waals surface area contributed by atoms with E-state index in [9.17, 15) is 9.59 Å². The Bertz CT molecular complexity index is 447. The summed E-state index contributed by atoms with van der Waals surface area (Å²) in [5.74, 6) is 4.91. The highest BCUT2D eigenvalue weighted by atomic mass is 16.2. The van der Waals surface area contributed by atoms with Gasteiger partial charge in [-0.3, -0.25) is 20.4 Å². The molecule has 0 fully saturated rings. The monoisotopic (exact) mass is 251 g/mol. The number of nitrogen functional groups attached to an aromatic ring is 1. The average Bonchev–Trinajstić information content (AvgIpc) is 2.33. The van der Waals surface area contributed by atoms with E-state index in [1.165, 1.54) is 13.1 Å². The molecular weight excluding hydrogens is 234 g/mol. The smallest absolute Gasteiger partial charge is 0.255 e. The lowest BCUT2D eigenvalue weighted by atomic mass is 10.2. The zero-order valence-electron chi connectivity index (χ0n) is 10.4. The maximum atomic E-state index is 11.8. The van der Waals surface area contributed by atoms with Gasteiger partial charge in [-0.05, 0) is 13.0 Å². The summed E-state index contributed by atoms with van der Waals surface area (Å²) in [5, 5.41) is 5.24.